The molecule has 2 heteroatoms. The Hall–Kier alpha value is -0.0800. The summed E-state index contributed by atoms with van der Waals surface area (Å²) in [7, 11) is 1.84. The molecule has 0 aromatic rings. The van der Waals surface area contributed by atoms with Gasteiger partial charge in [0, 0.05) is 25.2 Å². The minimum atomic E-state index is 0.543. The Morgan fingerprint density at radius 2 is 1.64 bits per heavy atom. The average Bonchev–Trinajstić information content (AvgIpc) is 2.08. The standard InChI is InChI=1S/C12H23NO/c1-9-5-4-6-10(2)13(9)11-7-12(8-11)14-3/h9-12H,4-8H2,1-3H3/t9-,10-,11?,12?/m0/s1. The molecule has 0 unspecified atom stereocenters. The van der Waals surface area contributed by atoms with Gasteiger partial charge in [0.2, 0.25) is 0 Å². The van der Waals surface area contributed by atoms with Gasteiger partial charge in [-0.2, -0.15) is 0 Å². The largest absolute Gasteiger partial charge is 0.381 e. The summed E-state index contributed by atoms with van der Waals surface area (Å²) in [5.41, 5.74) is 0. The van der Waals surface area contributed by atoms with Crippen molar-refractivity contribution >= 4 is 0 Å². The van der Waals surface area contributed by atoms with E-state index in [1.165, 1.54) is 32.1 Å². The van der Waals surface area contributed by atoms with E-state index in [4.69, 9.17) is 4.74 Å². The van der Waals surface area contributed by atoms with Crippen molar-refractivity contribution in [3.63, 3.8) is 0 Å². The number of nitrogens with zero attached hydrogens (tertiary/aromatic N) is 1. The number of hydrogen-bond acceptors (Lipinski definition) is 2. The third kappa shape index (κ3) is 1.82. The summed E-state index contributed by atoms with van der Waals surface area (Å²) < 4.78 is 5.35. The van der Waals surface area contributed by atoms with Crippen LogP contribution < -0.4 is 0 Å². The molecule has 0 spiro atoms. The molecule has 0 N–H and O–H groups in total. The zero-order valence-electron chi connectivity index (χ0n) is 9.70. The van der Waals surface area contributed by atoms with E-state index in [0.717, 1.165) is 18.1 Å². The van der Waals surface area contributed by atoms with Gasteiger partial charge in [-0.05, 0) is 39.5 Å². The van der Waals surface area contributed by atoms with Gasteiger partial charge in [0.05, 0.1) is 6.10 Å². The molecule has 1 saturated carbocycles. The minimum Gasteiger partial charge on any atom is -0.381 e. The second kappa shape index (κ2) is 4.19. The van der Waals surface area contributed by atoms with Gasteiger partial charge in [0.25, 0.3) is 0 Å². The van der Waals surface area contributed by atoms with E-state index in [9.17, 15) is 0 Å². The number of rotatable bonds is 2. The number of ether oxygens (including phenoxy) is 1. The van der Waals surface area contributed by atoms with Gasteiger partial charge in [0.1, 0.15) is 0 Å². The Morgan fingerprint density at radius 1 is 1.07 bits per heavy atom. The van der Waals surface area contributed by atoms with Crippen LogP contribution in [-0.4, -0.2) is 36.2 Å². The average molecular weight is 197 g/mol. The first-order valence-electron chi connectivity index (χ1n) is 6.02. The minimum absolute atomic E-state index is 0.543. The lowest BCUT2D eigenvalue weighted by atomic mass is 9.83. The van der Waals surface area contributed by atoms with Gasteiger partial charge in [-0.1, -0.05) is 6.42 Å². The number of hydrogen-bond donors (Lipinski definition) is 0. The van der Waals surface area contributed by atoms with Gasteiger partial charge >= 0.3 is 0 Å². The third-order valence-corrected chi connectivity index (χ3v) is 4.09. The molecule has 1 heterocycles. The molecule has 0 aromatic heterocycles. The fourth-order valence-corrected chi connectivity index (χ4v) is 3.13. The lowest BCUT2D eigenvalue weighted by Crippen LogP contribution is -2.56. The Morgan fingerprint density at radius 3 is 2.14 bits per heavy atom. The number of likely N-dealkylation sites (tertiary alicyclic amines) is 1. The highest BCUT2D eigenvalue weighted by Gasteiger charge is 2.39. The Kier molecular flexibility index (Phi) is 3.13. The van der Waals surface area contributed by atoms with Crippen LogP contribution in [0.2, 0.25) is 0 Å². The van der Waals surface area contributed by atoms with Gasteiger partial charge in [-0.25, -0.2) is 0 Å². The van der Waals surface area contributed by atoms with Crippen LogP contribution in [0.1, 0.15) is 46.0 Å². The Labute approximate surface area is 87.6 Å². The van der Waals surface area contributed by atoms with Crippen molar-refractivity contribution in [3.8, 4) is 0 Å². The molecule has 0 bridgehead atoms. The molecule has 2 fully saturated rings. The van der Waals surface area contributed by atoms with Gasteiger partial charge in [0.15, 0.2) is 0 Å². The molecule has 2 nitrogen and oxygen atoms in total. The van der Waals surface area contributed by atoms with Crippen LogP contribution in [0.25, 0.3) is 0 Å². The maximum absolute atomic E-state index is 5.35. The van der Waals surface area contributed by atoms with E-state index in [2.05, 4.69) is 18.7 Å². The maximum Gasteiger partial charge on any atom is 0.0601 e. The summed E-state index contributed by atoms with van der Waals surface area (Å²) in [5, 5.41) is 0. The molecule has 1 aliphatic heterocycles. The summed E-state index contributed by atoms with van der Waals surface area (Å²) >= 11 is 0. The summed E-state index contributed by atoms with van der Waals surface area (Å²) in [6.07, 6.45) is 7.24. The molecule has 2 aliphatic rings. The van der Waals surface area contributed by atoms with E-state index in [1.54, 1.807) is 0 Å². The molecule has 14 heavy (non-hydrogen) atoms. The molecular weight excluding hydrogens is 174 g/mol. The number of piperidine rings is 1. The first-order chi connectivity index (χ1) is 6.72. The van der Waals surface area contributed by atoms with Crippen LogP contribution in [0, 0.1) is 0 Å². The third-order valence-electron chi connectivity index (χ3n) is 4.09. The molecule has 0 amide bonds. The number of methoxy groups -OCH3 is 1. The predicted octanol–water partition coefficient (Wildman–Crippen LogP) is 2.43. The maximum atomic E-state index is 5.35. The zero-order chi connectivity index (χ0) is 10.1. The fraction of sp³-hybridized carbons (Fsp3) is 1.00. The van der Waals surface area contributed by atoms with Crippen LogP contribution in [0.3, 0.4) is 0 Å². The second-order valence-electron chi connectivity index (χ2n) is 5.06. The second-order valence-corrected chi connectivity index (χ2v) is 5.06. The van der Waals surface area contributed by atoms with E-state index < -0.39 is 0 Å². The SMILES string of the molecule is COC1CC(N2[C@@H](C)CCC[C@@H]2C)C1. The van der Waals surface area contributed by atoms with Crippen molar-refractivity contribution in [1.29, 1.82) is 0 Å². The van der Waals surface area contributed by atoms with Gasteiger partial charge in [-0.3, -0.25) is 4.90 Å². The smallest absolute Gasteiger partial charge is 0.0601 e. The quantitative estimate of drug-likeness (QED) is 0.674. The van der Waals surface area contributed by atoms with Crippen LogP contribution in [-0.2, 0) is 4.74 Å². The molecule has 2 atom stereocenters. The first-order valence-corrected chi connectivity index (χ1v) is 6.02. The van der Waals surface area contributed by atoms with E-state index >= 15 is 0 Å². The van der Waals surface area contributed by atoms with Crippen molar-refractivity contribution in [2.24, 2.45) is 0 Å². The van der Waals surface area contributed by atoms with Crippen molar-refractivity contribution in [2.75, 3.05) is 7.11 Å². The van der Waals surface area contributed by atoms with Crippen molar-refractivity contribution in [1.82, 2.24) is 4.90 Å². The van der Waals surface area contributed by atoms with Crippen LogP contribution >= 0.6 is 0 Å². The molecule has 1 aliphatic carbocycles. The summed E-state index contributed by atoms with van der Waals surface area (Å²) in [6.45, 7) is 4.77. The molecule has 82 valence electrons. The highest BCUT2D eigenvalue weighted by molar-refractivity contribution is 4.93. The van der Waals surface area contributed by atoms with Crippen molar-refractivity contribution < 1.29 is 4.74 Å². The Balaban J connectivity index is 1.89. The molecule has 2 rings (SSSR count). The molecule has 0 aromatic carbocycles. The lowest BCUT2D eigenvalue weighted by Gasteiger charge is -2.50. The van der Waals surface area contributed by atoms with Crippen molar-refractivity contribution in [3.05, 3.63) is 0 Å². The van der Waals surface area contributed by atoms with Crippen LogP contribution in [0.4, 0.5) is 0 Å². The van der Waals surface area contributed by atoms with Gasteiger partial charge < -0.3 is 4.74 Å². The van der Waals surface area contributed by atoms with Crippen LogP contribution in [0.15, 0.2) is 0 Å². The predicted molar refractivity (Wildman–Crippen MR) is 58.4 cm³/mol. The topological polar surface area (TPSA) is 12.5 Å². The Bertz CT molecular complexity index is 179. The van der Waals surface area contributed by atoms with E-state index in [-0.39, 0.29) is 0 Å². The highest BCUT2D eigenvalue weighted by Crippen LogP contribution is 2.34. The first kappa shape index (κ1) is 10.4. The normalized spacial score (nSPS) is 44.8. The van der Waals surface area contributed by atoms with E-state index in [0.29, 0.717) is 6.10 Å². The summed E-state index contributed by atoms with van der Waals surface area (Å²) in [4.78, 5) is 2.74. The molecular formula is C12H23NO. The summed E-state index contributed by atoms with van der Waals surface area (Å²) in [5.74, 6) is 0. The van der Waals surface area contributed by atoms with Gasteiger partial charge in [-0.15, -0.1) is 0 Å². The highest BCUT2D eigenvalue weighted by atomic mass is 16.5. The molecule has 1 saturated heterocycles. The lowest BCUT2D eigenvalue weighted by molar-refractivity contribution is -0.0634. The fourth-order valence-electron chi connectivity index (χ4n) is 3.13. The van der Waals surface area contributed by atoms with Crippen molar-refractivity contribution in [2.45, 2.75) is 70.2 Å². The van der Waals surface area contributed by atoms with Crippen LogP contribution in [0.5, 0.6) is 0 Å². The molecule has 0 radical (unpaired) electrons. The summed E-state index contributed by atoms with van der Waals surface area (Å²) in [6, 6.07) is 2.40. The zero-order valence-corrected chi connectivity index (χ0v) is 9.70. The van der Waals surface area contributed by atoms with E-state index in [1.807, 2.05) is 7.11 Å². The monoisotopic (exact) mass is 197 g/mol.